The largest absolute Gasteiger partial charge is 0.461 e. The fourth-order valence-electron chi connectivity index (χ4n) is 3.65. The first-order valence-corrected chi connectivity index (χ1v) is 9.09. The number of likely N-dealkylation sites (tertiary alicyclic amines) is 1. The Kier molecular flexibility index (Phi) is 4.34. The van der Waals surface area contributed by atoms with Crippen LogP contribution in [-0.2, 0) is 6.42 Å². The molecule has 3 aromatic rings. The van der Waals surface area contributed by atoms with Crippen LogP contribution >= 0.6 is 11.6 Å². The van der Waals surface area contributed by atoms with E-state index in [1.165, 1.54) is 24.9 Å². The van der Waals surface area contributed by atoms with Crippen molar-refractivity contribution in [3.05, 3.63) is 59.3 Å². The van der Waals surface area contributed by atoms with Gasteiger partial charge in [0, 0.05) is 29.4 Å². The van der Waals surface area contributed by atoms with Crippen molar-refractivity contribution in [2.24, 2.45) is 0 Å². The summed E-state index contributed by atoms with van der Waals surface area (Å²) in [5, 5.41) is 1.93. The first kappa shape index (κ1) is 15.7. The molecule has 0 bridgehead atoms. The Morgan fingerprint density at radius 2 is 2.00 bits per heavy atom. The fourth-order valence-corrected chi connectivity index (χ4v) is 3.84. The Labute approximate surface area is 148 Å². The third kappa shape index (κ3) is 3.22. The maximum atomic E-state index is 6.11. The second-order valence-electron chi connectivity index (χ2n) is 6.75. The molecule has 0 N–H and O–H groups in total. The summed E-state index contributed by atoms with van der Waals surface area (Å²) in [5.74, 6) is 1.08. The molecule has 1 aromatic heterocycles. The third-order valence-corrected chi connectivity index (χ3v) is 5.30. The molecule has 0 amide bonds. The molecule has 3 heteroatoms. The minimum atomic E-state index is 0.712. The smallest absolute Gasteiger partial charge is 0.134 e. The van der Waals surface area contributed by atoms with Crippen LogP contribution in [0.5, 0.6) is 0 Å². The molecule has 1 saturated heterocycles. The van der Waals surface area contributed by atoms with E-state index in [-0.39, 0.29) is 0 Å². The number of furan rings is 1. The lowest BCUT2D eigenvalue weighted by atomic mass is 10.0. The van der Waals surface area contributed by atoms with E-state index in [2.05, 4.69) is 42.2 Å². The molecule has 0 aliphatic carbocycles. The van der Waals surface area contributed by atoms with Gasteiger partial charge in [0.2, 0.25) is 0 Å². The lowest BCUT2D eigenvalue weighted by molar-refractivity contribution is 0.266. The van der Waals surface area contributed by atoms with Gasteiger partial charge in [-0.05, 0) is 67.8 Å². The highest BCUT2D eigenvalue weighted by molar-refractivity contribution is 6.30. The number of fused-ring (bicyclic) bond motifs is 1. The highest BCUT2D eigenvalue weighted by Crippen LogP contribution is 2.28. The molecule has 2 nitrogen and oxygen atoms in total. The number of halogens is 1. The Morgan fingerprint density at radius 1 is 1.12 bits per heavy atom. The summed E-state index contributed by atoms with van der Waals surface area (Å²) < 4.78 is 6.02. The van der Waals surface area contributed by atoms with E-state index in [1.54, 1.807) is 0 Å². The van der Waals surface area contributed by atoms with E-state index >= 15 is 0 Å². The fraction of sp³-hybridized carbons (Fsp3) is 0.333. The summed E-state index contributed by atoms with van der Waals surface area (Å²) in [7, 11) is 0. The highest BCUT2D eigenvalue weighted by Gasteiger charge is 2.20. The molecule has 0 saturated carbocycles. The van der Waals surface area contributed by atoms with Gasteiger partial charge in [-0.15, -0.1) is 0 Å². The average Bonchev–Trinajstić information content (AvgIpc) is 3.17. The van der Waals surface area contributed by atoms with Gasteiger partial charge in [0.25, 0.3) is 0 Å². The van der Waals surface area contributed by atoms with Gasteiger partial charge < -0.3 is 9.32 Å². The third-order valence-electron chi connectivity index (χ3n) is 5.06. The molecule has 0 unspecified atom stereocenters. The van der Waals surface area contributed by atoms with E-state index < -0.39 is 0 Å². The van der Waals surface area contributed by atoms with Gasteiger partial charge in [0.1, 0.15) is 11.3 Å². The lowest BCUT2D eigenvalue weighted by Crippen LogP contribution is -2.28. The summed E-state index contributed by atoms with van der Waals surface area (Å²) in [6.45, 7) is 4.63. The Bertz CT molecular complexity index is 854. The Balaban J connectivity index is 1.55. The molecule has 1 aliphatic heterocycles. The molecule has 4 rings (SSSR count). The van der Waals surface area contributed by atoms with Gasteiger partial charge in [-0.25, -0.2) is 0 Å². The van der Waals surface area contributed by atoms with Gasteiger partial charge in [0.15, 0.2) is 0 Å². The van der Waals surface area contributed by atoms with Gasteiger partial charge in [-0.2, -0.15) is 0 Å². The summed E-state index contributed by atoms with van der Waals surface area (Å²) in [4.78, 5) is 2.56. The van der Waals surface area contributed by atoms with Gasteiger partial charge in [-0.3, -0.25) is 0 Å². The second kappa shape index (κ2) is 6.62. The number of rotatable bonds is 4. The predicted molar refractivity (Wildman–Crippen MR) is 101 cm³/mol. The molecule has 24 heavy (non-hydrogen) atoms. The lowest BCUT2D eigenvalue weighted by Gasteiger charge is -2.19. The minimum absolute atomic E-state index is 0.712. The quantitative estimate of drug-likeness (QED) is 0.599. The van der Waals surface area contributed by atoms with Crippen molar-refractivity contribution in [3.63, 3.8) is 0 Å². The van der Waals surface area contributed by atoms with Crippen molar-refractivity contribution < 1.29 is 4.42 Å². The number of hydrogen-bond donors (Lipinski definition) is 0. The minimum Gasteiger partial charge on any atom is -0.461 e. The van der Waals surface area contributed by atoms with Crippen LogP contribution in [-0.4, -0.2) is 24.0 Å². The van der Waals surface area contributed by atoms with Crippen molar-refractivity contribution in [1.82, 2.24) is 4.90 Å². The molecule has 124 valence electrons. The molecule has 0 spiro atoms. The average molecular weight is 340 g/mol. The molecule has 2 aromatic carbocycles. The molecule has 1 atom stereocenters. The van der Waals surface area contributed by atoms with E-state index in [9.17, 15) is 0 Å². The van der Waals surface area contributed by atoms with Crippen molar-refractivity contribution in [3.8, 4) is 11.1 Å². The van der Waals surface area contributed by atoms with Crippen molar-refractivity contribution in [2.75, 3.05) is 13.1 Å². The van der Waals surface area contributed by atoms with Crippen LogP contribution in [0.15, 0.2) is 52.9 Å². The summed E-state index contributed by atoms with van der Waals surface area (Å²) in [5.41, 5.74) is 3.27. The van der Waals surface area contributed by atoms with Gasteiger partial charge in [0.05, 0.1) is 0 Å². The van der Waals surface area contributed by atoms with Crippen LogP contribution in [0.25, 0.3) is 22.1 Å². The van der Waals surface area contributed by atoms with Crippen LogP contribution in [0.1, 0.15) is 25.5 Å². The predicted octanol–water partition coefficient (Wildman–Crippen LogP) is 5.78. The first-order valence-electron chi connectivity index (χ1n) is 8.71. The van der Waals surface area contributed by atoms with E-state index in [1.807, 2.05) is 18.2 Å². The van der Waals surface area contributed by atoms with E-state index in [4.69, 9.17) is 16.0 Å². The first-order chi connectivity index (χ1) is 11.7. The van der Waals surface area contributed by atoms with Crippen LogP contribution in [0.3, 0.4) is 0 Å². The van der Waals surface area contributed by atoms with Crippen LogP contribution in [0.4, 0.5) is 0 Å². The summed E-state index contributed by atoms with van der Waals surface area (Å²) in [6.07, 6.45) is 3.62. The monoisotopic (exact) mass is 339 g/mol. The Hall–Kier alpha value is -1.77. The van der Waals surface area contributed by atoms with E-state index in [0.717, 1.165) is 40.3 Å². The van der Waals surface area contributed by atoms with E-state index in [0.29, 0.717) is 6.04 Å². The molecular formula is C21H22ClNO. The molecule has 0 radical (unpaired) electrons. The molecular weight excluding hydrogens is 318 g/mol. The highest BCUT2D eigenvalue weighted by atomic mass is 35.5. The summed E-state index contributed by atoms with van der Waals surface area (Å²) in [6, 6.07) is 17.2. The number of nitrogens with zero attached hydrogens (tertiary/aromatic N) is 1. The number of hydrogen-bond acceptors (Lipinski definition) is 2. The van der Waals surface area contributed by atoms with Crippen molar-refractivity contribution >= 4 is 22.6 Å². The maximum absolute atomic E-state index is 6.11. The van der Waals surface area contributed by atoms with Crippen molar-refractivity contribution in [2.45, 2.75) is 32.2 Å². The topological polar surface area (TPSA) is 16.4 Å². The van der Waals surface area contributed by atoms with Gasteiger partial charge >= 0.3 is 0 Å². The molecule has 1 fully saturated rings. The molecule has 1 aliphatic rings. The number of benzene rings is 2. The van der Waals surface area contributed by atoms with Crippen LogP contribution in [0, 0.1) is 0 Å². The SMILES string of the molecule is C[C@@H]1CCCN1CCc1cc2cc(-c3cccc(Cl)c3)ccc2o1. The van der Waals surface area contributed by atoms with Crippen molar-refractivity contribution in [1.29, 1.82) is 0 Å². The zero-order valence-electron chi connectivity index (χ0n) is 14.0. The van der Waals surface area contributed by atoms with Crippen LogP contribution < -0.4 is 0 Å². The second-order valence-corrected chi connectivity index (χ2v) is 7.19. The standard InChI is InChI=1S/C21H22ClNO/c1-15-4-3-10-23(15)11-9-20-14-18-12-17(7-8-21(18)24-20)16-5-2-6-19(22)13-16/h2,5-8,12-15H,3-4,9-11H2,1H3/t15-/m1/s1. The van der Waals surface area contributed by atoms with Gasteiger partial charge in [-0.1, -0.05) is 29.8 Å². The van der Waals surface area contributed by atoms with Crippen LogP contribution in [0.2, 0.25) is 5.02 Å². The maximum Gasteiger partial charge on any atom is 0.134 e. The zero-order chi connectivity index (χ0) is 16.5. The molecule has 2 heterocycles. The zero-order valence-corrected chi connectivity index (χ0v) is 14.7. The summed E-state index contributed by atoms with van der Waals surface area (Å²) >= 11 is 6.11. The normalized spacial score (nSPS) is 18.5. The Morgan fingerprint density at radius 3 is 2.79 bits per heavy atom.